The van der Waals surface area contributed by atoms with Crippen LogP contribution in [-0.4, -0.2) is 63.4 Å². The van der Waals surface area contributed by atoms with Gasteiger partial charge in [0.2, 0.25) is 5.95 Å². The Balaban J connectivity index is 1.65. The van der Waals surface area contributed by atoms with Crippen molar-refractivity contribution in [2.75, 3.05) is 31.1 Å². The Kier molecular flexibility index (Phi) is 5.34. The van der Waals surface area contributed by atoms with E-state index in [1.54, 1.807) is 29.4 Å². The Bertz CT molecular complexity index is 810. The monoisotopic (exact) mass is 368 g/mol. The van der Waals surface area contributed by atoms with Gasteiger partial charge in [-0.1, -0.05) is 0 Å². The number of pyridine rings is 1. The van der Waals surface area contributed by atoms with Crippen LogP contribution in [0.2, 0.25) is 0 Å². The highest BCUT2D eigenvalue weighted by molar-refractivity contribution is 5.99. The van der Waals surface area contributed by atoms with Gasteiger partial charge in [0, 0.05) is 56.5 Å². The number of nitrogens with zero attached hydrogens (tertiary/aromatic N) is 5. The Morgan fingerprint density at radius 2 is 1.63 bits per heavy atom. The molecule has 8 heteroatoms. The molecular weight excluding hydrogens is 344 g/mol. The van der Waals surface area contributed by atoms with Crippen LogP contribution < -0.4 is 10.2 Å². The van der Waals surface area contributed by atoms with Gasteiger partial charge in [-0.15, -0.1) is 0 Å². The van der Waals surface area contributed by atoms with Crippen molar-refractivity contribution < 1.29 is 9.59 Å². The molecule has 2 amide bonds. The number of piperazine rings is 1. The number of hydrogen-bond donors (Lipinski definition) is 1. The fourth-order valence-corrected chi connectivity index (χ4v) is 2.84. The van der Waals surface area contributed by atoms with Crippen LogP contribution in [-0.2, 0) is 0 Å². The van der Waals surface area contributed by atoms with E-state index < -0.39 is 0 Å². The van der Waals surface area contributed by atoms with Gasteiger partial charge in [-0.25, -0.2) is 9.97 Å². The maximum absolute atomic E-state index is 12.8. The number of nitrogens with one attached hydrogen (secondary N) is 1. The minimum Gasteiger partial charge on any atom is -0.347 e. The van der Waals surface area contributed by atoms with Gasteiger partial charge >= 0.3 is 0 Å². The van der Waals surface area contributed by atoms with Gasteiger partial charge in [-0.3, -0.25) is 14.6 Å². The molecule has 2 aromatic rings. The van der Waals surface area contributed by atoms with Crippen LogP contribution in [0.5, 0.6) is 0 Å². The zero-order chi connectivity index (χ0) is 19.4. The Morgan fingerprint density at radius 1 is 1.00 bits per heavy atom. The fourth-order valence-electron chi connectivity index (χ4n) is 2.84. The third-order valence-corrected chi connectivity index (χ3v) is 4.14. The number of hydrogen-bond acceptors (Lipinski definition) is 6. The molecule has 0 unspecified atom stereocenters. The van der Waals surface area contributed by atoms with Crippen LogP contribution in [0.3, 0.4) is 0 Å². The normalized spacial score (nSPS) is 14.8. The summed E-state index contributed by atoms with van der Waals surface area (Å²) in [7, 11) is 0. The second kappa shape index (κ2) is 7.69. The average molecular weight is 368 g/mol. The lowest BCUT2D eigenvalue weighted by molar-refractivity contribution is 0.0746. The van der Waals surface area contributed by atoms with Crippen molar-refractivity contribution in [2.45, 2.75) is 26.3 Å². The lowest BCUT2D eigenvalue weighted by atomic mass is 10.1. The van der Waals surface area contributed by atoms with Crippen molar-refractivity contribution in [3.63, 3.8) is 0 Å². The first-order valence-electron chi connectivity index (χ1n) is 8.92. The van der Waals surface area contributed by atoms with E-state index in [2.05, 4.69) is 25.2 Å². The first-order valence-corrected chi connectivity index (χ1v) is 8.92. The predicted molar refractivity (Wildman–Crippen MR) is 102 cm³/mol. The van der Waals surface area contributed by atoms with E-state index in [1.165, 1.54) is 12.4 Å². The first-order chi connectivity index (χ1) is 12.8. The number of amides is 2. The molecule has 27 heavy (non-hydrogen) atoms. The van der Waals surface area contributed by atoms with Gasteiger partial charge < -0.3 is 15.1 Å². The molecule has 0 radical (unpaired) electrons. The van der Waals surface area contributed by atoms with Crippen molar-refractivity contribution in [1.29, 1.82) is 0 Å². The summed E-state index contributed by atoms with van der Waals surface area (Å²) >= 11 is 0. The molecular formula is C19H24N6O2. The maximum atomic E-state index is 12.8. The topological polar surface area (TPSA) is 91.3 Å². The van der Waals surface area contributed by atoms with E-state index in [9.17, 15) is 9.59 Å². The summed E-state index contributed by atoms with van der Waals surface area (Å²) < 4.78 is 0. The van der Waals surface area contributed by atoms with Gasteiger partial charge in [0.1, 0.15) is 0 Å². The van der Waals surface area contributed by atoms with Gasteiger partial charge in [0.05, 0.1) is 11.1 Å². The van der Waals surface area contributed by atoms with E-state index >= 15 is 0 Å². The predicted octanol–water partition coefficient (Wildman–Crippen LogP) is 1.36. The molecule has 3 rings (SSSR count). The molecule has 1 aliphatic rings. The van der Waals surface area contributed by atoms with Crippen molar-refractivity contribution in [1.82, 2.24) is 25.2 Å². The summed E-state index contributed by atoms with van der Waals surface area (Å²) in [6, 6.07) is 3.38. The smallest absolute Gasteiger partial charge is 0.255 e. The zero-order valence-electron chi connectivity index (χ0n) is 15.8. The minimum atomic E-state index is -0.354. The van der Waals surface area contributed by atoms with Crippen LogP contribution >= 0.6 is 0 Å². The zero-order valence-corrected chi connectivity index (χ0v) is 15.8. The number of carbonyl (C=O) groups excluding carboxylic acids is 2. The molecule has 0 spiro atoms. The largest absolute Gasteiger partial charge is 0.347 e. The lowest BCUT2D eigenvalue weighted by Gasteiger charge is -2.34. The van der Waals surface area contributed by atoms with E-state index in [-0.39, 0.29) is 17.4 Å². The molecule has 0 atom stereocenters. The van der Waals surface area contributed by atoms with Crippen LogP contribution in [0.4, 0.5) is 5.95 Å². The number of rotatable bonds is 3. The summed E-state index contributed by atoms with van der Waals surface area (Å²) in [6.45, 7) is 8.17. The van der Waals surface area contributed by atoms with E-state index in [0.29, 0.717) is 43.3 Å². The van der Waals surface area contributed by atoms with Gasteiger partial charge in [-0.05, 0) is 32.9 Å². The van der Waals surface area contributed by atoms with Gasteiger partial charge in [0.15, 0.2) is 0 Å². The number of anilines is 1. The first kappa shape index (κ1) is 18.8. The highest BCUT2D eigenvalue weighted by Gasteiger charge is 2.24. The molecule has 2 aromatic heterocycles. The summed E-state index contributed by atoms with van der Waals surface area (Å²) in [5.74, 6) is 0.310. The summed E-state index contributed by atoms with van der Waals surface area (Å²) in [4.78, 5) is 41.5. The van der Waals surface area contributed by atoms with Crippen molar-refractivity contribution in [3.8, 4) is 0 Å². The molecule has 0 aliphatic carbocycles. The van der Waals surface area contributed by atoms with Crippen molar-refractivity contribution in [2.24, 2.45) is 0 Å². The molecule has 1 N–H and O–H groups in total. The van der Waals surface area contributed by atoms with Gasteiger partial charge in [-0.2, -0.15) is 0 Å². The summed E-state index contributed by atoms with van der Waals surface area (Å²) in [6.07, 6.45) is 6.39. The quantitative estimate of drug-likeness (QED) is 0.880. The Hall–Kier alpha value is -3.03. The SMILES string of the molecule is CC(C)(C)NC(=O)c1cncc(C(=O)N2CCN(c3ncccn3)CC2)c1. The molecule has 1 saturated heterocycles. The molecule has 3 heterocycles. The number of aromatic nitrogens is 3. The highest BCUT2D eigenvalue weighted by atomic mass is 16.2. The number of carbonyl (C=O) groups is 2. The molecule has 0 bridgehead atoms. The summed E-state index contributed by atoms with van der Waals surface area (Å²) in [5, 5.41) is 2.88. The van der Waals surface area contributed by atoms with Crippen LogP contribution in [0.15, 0.2) is 36.9 Å². The molecule has 1 aliphatic heterocycles. The molecule has 142 valence electrons. The molecule has 0 aromatic carbocycles. The van der Waals surface area contributed by atoms with Crippen LogP contribution in [0, 0.1) is 0 Å². The fraction of sp³-hybridized carbons (Fsp3) is 0.421. The van der Waals surface area contributed by atoms with E-state index in [4.69, 9.17) is 0 Å². The van der Waals surface area contributed by atoms with Gasteiger partial charge in [0.25, 0.3) is 11.8 Å². The average Bonchev–Trinajstić information content (AvgIpc) is 2.67. The minimum absolute atomic E-state index is 0.124. The molecule has 8 nitrogen and oxygen atoms in total. The van der Waals surface area contributed by atoms with Crippen LogP contribution in [0.25, 0.3) is 0 Å². The van der Waals surface area contributed by atoms with Crippen molar-refractivity contribution in [3.05, 3.63) is 48.0 Å². The van der Waals surface area contributed by atoms with Crippen molar-refractivity contribution >= 4 is 17.8 Å². The molecule has 0 saturated carbocycles. The van der Waals surface area contributed by atoms with Crippen LogP contribution in [0.1, 0.15) is 41.5 Å². The second-order valence-corrected chi connectivity index (χ2v) is 7.49. The highest BCUT2D eigenvalue weighted by Crippen LogP contribution is 2.13. The molecule has 1 fully saturated rings. The third kappa shape index (κ3) is 4.78. The Labute approximate surface area is 158 Å². The maximum Gasteiger partial charge on any atom is 0.255 e. The lowest BCUT2D eigenvalue weighted by Crippen LogP contribution is -2.49. The second-order valence-electron chi connectivity index (χ2n) is 7.49. The standard InChI is InChI=1S/C19H24N6O2/c1-19(2,3)23-16(26)14-11-15(13-20-12-14)17(27)24-7-9-25(10-8-24)18-21-5-4-6-22-18/h4-6,11-13H,7-10H2,1-3H3,(H,23,26). The summed E-state index contributed by atoms with van der Waals surface area (Å²) in [5.41, 5.74) is 0.445. The van der Waals surface area contributed by atoms with E-state index in [1.807, 2.05) is 20.8 Å². The third-order valence-electron chi connectivity index (χ3n) is 4.14. The Morgan fingerprint density at radius 3 is 2.26 bits per heavy atom. The van der Waals surface area contributed by atoms with E-state index in [0.717, 1.165) is 0 Å².